The number of ether oxygens (including phenoxy) is 1. The molecule has 1 aromatic heterocycles. The van der Waals surface area contributed by atoms with Gasteiger partial charge in [-0.05, 0) is 38.3 Å². The molecular weight excluding hydrogens is 280 g/mol. The first-order valence-electron chi connectivity index (χ1n) is 8.27. The summed E-state index contributed by atoms with van der Waals surface area (Å²) in [7, 11) is 1.79. The maximum absolute atomic E-state index is 12.3. The summed E-state index contributed by atoms with van der Waals surface area (Å²) in [6.45, 7) is 3.03. The first-order valence-corrected chi connectivity index (χ1v) is 8.27. The molecule has 2 aliphatic rings. The first kappa shape index (κ1) is 15.4. The van der Waals surface area contributed by atoms with E-state index in [0.717, 1.165) is 30.8 Å². The van der Waals surface area contributed by atoms with Crippen molar-refractivity contribution < 1.29 is 13.9 Å². The van der Waals surface area contributed by atoms with Gasteiger partial charge in [0.1, 0.15) is 11.5 Å². The molecule has 1 aromatic rings. The van der Waals surface area contributed by atoms with Crippen molar-refractivity contribution >= 4 is 6.03 Å². The van der Waals surface area contributed by atoms with Crippen LogP contribution in [0.25, 0.3) is 0 Å². The van der Waals surface area contributed by atoms with Crippen LogP contribution in [0.1, 0.15) is 50.0 Å². The van der Waals surface area contributed by atoms with E-state index in [4.69, 9.17) is 9.15 Å². The minimum absolute atomic E-state index is 0.0346. The molecule has 3 rings (SSSR count). The standard InChI is InChI=1S/C17H26N2O3/c1-13-6-7-15(22-13)11-19(2)16(20)18-14-10-17(21-12-14)8-4-3-5-9-17/h6-7,14H,3-5,8-12H2,1-2H3,(H,18,20)/t14-/m0/s1. The minimum atomic E-state index is -0.0597. The van der Waals surface area contributed by atoms with Crippen molar-refractivity contribution in [3.8, 4) is 0 Å². The quantitative estimate of drug-likeness (QED) is 0.933. The molecule has 1 N–H and O–H groups in total. The van der Waals surface area contributed by atoms with Gasteiger partial charge in [0, 0.05) is 7.05 Å². The van der Waals surface area contributed by atoms with Gasteiger partial charge in [-0.3, -0.25) is 0 Å². The van der Waals surface area contributed by atoms with E-state index in [1.54, 1.807) is 11.9 Å². The van der Waals surface area contributed by atoms with E-state index in [-0.39, 0.29) is 17.7 Å². The highest BCUT2D eigenvalue weighted by molar-refractivity contribution is 5.74. The third-order valence-electron chi connectivity index (χ3n) is 4.84. The molecule has 2 amide bonds. The monoisotopic (exact) mass is 306 g/mol. The van der Waals surface area contributed by atoms with Crippen LogP contribution >= 0.6 is 0 Å². The lowest BCUT2D eigenvalue weighted by molar-refractivity contribution is -0.0246. The predicted octanol–water partition coefficient (Wildman–Crippen LogP) is 3.22. The molecule has 1 saturated heterocycles. The Balaban J connectivity index is 1.49. The summed E-state index contributed by atoms with van der Waals surface area (Å²) < 4.78 is 11.6. The zero-order valence-electron chi connectivity index (χ0n) is 13.6. The fraction of sp³-hybridized carbons (Fsp3) is 0.706. The van der Waals surface area contributed by atoms with Crippen molar-refractivity contribution in [1.29, 1.82) is 0 Å². The summed E-state index contributed by atoms with van der Waals surface area (Å²) in [5.74, 6) is 1.67. The fourth-order valence-electron chi connectivity index (χ4n) is 3.64. The zero-order chi connectivity index (χ0) is 15.6. The van der Waals surface area contributed by atoms with Crippen molar-refractivity contribution in [1.82, 2.24) is 10.2 Å². The number of furan rings is 1. The number of nitrogens with one attached hydrogen (secondary N) is 1. The van der Waals surface area contributed by atoms with Crippen molar-refractivity contribution in [3.63, 3.8) is 0 Å². The molecule has 1 aliphatic carbocycles. The lowest BCUT2D eigenvalue weighted by Gasteiger charge is -2.32. The Labute approximate surface area is 132 Å². The van der Waals surface area contributed by atoms with Crippen LogP contribution < -0.4 is 5.32 Å². The first-order chi connectivity index (χ1) is 10.6. The van der Waals surface area contributed by atoms with E-state index in [9.17, 15) is 4.79 Å². The summed E-state index contributed by atoms with van der Waals surface area (Å²) in [6.07, 6.45) is 7.04. The number of carbonyl (C=O) groups is 1. The molecule has 2 heterocycles. The summed E-state index contributed by atoms with van der Waals surface area (Å²) in [4.78, 5) is 14.0. The largest absolute Gasteiger partial charge is 0.464 e. The van der Waals surface area contributed by atoms with Crippen LogP contribution in [-0.2, 0) is 11.3 Å². The van der Waals surface area contributed by atoms with E-state index in [1.807, 2.05) is 19.1 Å². The SMILES string of the molecule is Cc1ccc(CN(C)C(=O)N[C@@H]2COC3(CCCCC3)C2)o1. The average molecular weight is 306 g/mol. The van der Waals surface area contributed by atoms with Crippen LogP contribution in [0.2, 0.25) is 0 Å². The number of hydrogen-bond acceptors (Lipinski definition) is 3. The number of carbonyl (C=O) groups excluding carboxylic acids is 1. The van der Waals surface area contributed by atoms with E-state index >= 15 is 0 Å². The van der Waals surface area contributed by atoms with E-state index in [2.05, 4.69) is 5.32 Å². The third kappa shape index (κ3) is 3.46. The second-order valence-corrected chi connectivity index (χ2v) is 6.77. The Morgan fingerprint density at radius 2 is 2.14 bits per heavy atom. The van der Waals surface area contributed by atoms with Gasteiger partial charge in [0.2, 0.25) is 0 Å². The molecule has 1 aliphatic heterocycles. The fourth-order valence-corrected chi connectivity index (χ4v) is 3.64. The third-order valence-corrected chi connectivity index (χ3v) is 4.84. The lowest BCUT2D eigenvalue weighted by Crippen LogP contribution is -2.43. The second kappa shape index (κ2) is 6.32. The highest BCUT2D eigenvalue weighted by Gasteiger charge is 2.41. The van der Waals surface area contributed by atoms with Gasteiger partial charge in [0.25, 0.3) is 0 Å². The highest BCUT2D eigenvalue weighted by atomic mass is 16.5. The molecule has 122 valence electrons. The lowest BCUT2D eigenvalue weighted by atomic mass is 9.82. The average Bonchev–Trinajstić information content (AvgIpc) is 3.07. The van der Waals surface area contributed by atoms with Gasteiger partial charge >= 0.3 is 6.03 Å². The van der Waals surface area contributed by atoms with Crippen LogP contribution in [0.5, 0.6) is 0 Å². The summed E-state index contributed by atoms with van der Waals surface area (Å²) in [5.41, 5.74) is 0.0346. The van der Waals surface area contributed by atoms with Gasteiger partial charge in [-0.15, -0.1) is 0 Å². The van der Waals surface area contributed by atoms with E-state index < -0.39 is 0 Å². The molecular formula is C17H26N2O3. The molecule has 2 fully saturated rings. The van der Waals surface area contributed by atoms with Crippen LogP contribution in [-0.4, -0.2) is 36.2 Å². The number of nitrogens with zero attached hydrogens (tertiary/aromatic N) is 1. The van der Waals surface area contributed by atoms with Gasteiger partial charge in [-0.25, -0.2) is 4.79 Å². The summed E-state index contributed by atoms with van der Waals surface area (Å²) in [5, 5.41) is 3.10. The van der Waals surface area contributed by atoms with Gasteiger partial charge in [-0.2, -0.15) is 0 Å². The second-order valence-electron chi connectivity index (χ2n) is 6.77. The molecule has 22 heavy (non-hydrogen) atoms. The molecule has 5 nitrogen and oxygen atoms in total. The Morgan fingerprint density at radius 1 is 1.36 bits per heavy atom. The molecule has 0 aromatic carbocycles. The molecule has 1 saturated carbocycles. The van der Waals surface area contributed by atoms with Gasteiger partial charge in [0.05, 0.1) is 24.8 Å². The van der Waals surface area contributed by atoms with Crippen molar-refractivity contribution in [2.24, 2.45) is 0 Å². The molecule has 0 bridgehead atoms. The number of aryl methyl sites for hydroxylation is 1. The molecule has 0 unspecified atom stereocenters. The maximum atomic E-state index is 12.3. The molecule has 5 heteroatoms. The van der Waals surface area contributed by atoms with Crippen LogP contribution in [0.4, 0.5) is 4.79 Å². The van der Waals surface area contributed by atoms with E-state index in [1.165, 1.54) is 19.3 Å². The highest BCUT2D eigenvalue weighted by Crippen LogP contribution is 2.39. The topological polar surface area (TPSA) is 54.7 Å². The zero-order valence-corrected chi connectivity index (χ0v) is 13.6. The van der Waals surface area contributed by atoms with Gasteiger partial charge in [0.15, 0.2) is 0 Å². The maximum Gasteiger partial charge on any atom is 0.317 e. The minimum Gasteiger partial charge on any atom is -0.464 e. The normalized spacial score (nSPS) is 23.6. The molecule has 1 atom stereocenters. The summed E-state index contributed by atoms with van der Waals surface area (Å²) in [6, 6.07) is 3.90. The van der Waals surface area contributed by atoms with Gasteiger partial charge < -0.3 is 19.4 Å². The molecule has 0 radical (unpaired) electrons. The van der Waals surface area contributed by atoms with Gasteiger partial charge in [-0.1, -0.05) is 19.3 Å². The van der Waals surface area contributed by atoms with Crippen molar-refractivity contribution in [2.45, 2.75) is 63.6 Å². The predicted molar refractivity (Wildman–Crippen MR) is 83.6 cm³/mol. The number of amides is 2. The van der Waals surface area contributed by atoms with Crippen molar-refractivity contribution in [3.05, 3.63) is 23.7 Å². The van der Waals surface area contributed by atoms with E-state index in [0.29, 0.717) is 13.2 Å². The Kier molecular flexibility index (Phi) is 4.43. The number of urea groups is 1. The Bertz CT molecular complexity index is 520. The molecule has 1 spiro atoms. The smallest absolute Gasteiger partial charge is 0.317 e. The Morgan fingerprint density at radius 3 is 2.82 bits per heavy atom. The summed E-state index contributed by atoms with van der Waals surface area (Å²) >= 11 is 0. The van der Waals surface area contributed by atoms with Crippen LogP contribution in [0.3, 0.4) is 0 Å². The number of rotatable bonds is 3. The van der Waals surface area contributed by atoms with Crippen LogP contribution in [0.15, 0.2) is 16.5 Å². The van der Waals surface area contributed by atoms with Crippen molar-refractivity contribution in [2.75, 3.05) is 13.7 Å². The number of hydrogen-bond donors (Lipinski definition) is 1. The van der Waals surface area contributed by atoms with Crippen LogP contribution in [0, 0.1) is 6.92 Å². The Hall–Kier alpha value is -1.49.